The topological polar surface area (TPSA) is 58.6 Å². The summed E-state index contributed by atoms with van der Waals surface area (Å²) in [4.78, 5) is 28.0. The number of nitrogens with one attached hydrogen (secondary N) is 1. The molecular formula is C26H40N2O3. The molecule has 172 valence electrons. The Hall–Kier alpha value is -2.04. The second kappa shape index (κ2) is 10.5. The average molecular weight is 429 g/mol. The third kappa shape index (κ3) is 6.02. The number of para-hydroxylation sites is 1. The maximum absolute atomic E-state index is 13.6. The van der Waals surface area contributed by atoms with Crippen molar-refractivity contribution in [1.29, 1.82) is 0 Å². The lowest BCUT2D eigenvalue weighted by Crippen LogP contribution is -2.53. The molecule has 0 bridgehead atoms. The van der Waals surface area contributed by atoms with E-state index in [0.717, 1.165) is 50.7 Å². The second-order valence-electron chi connectivity index (χ2n) is 10.2. The molecule has 0 unspecified atom stereocenters. The fraction of sp³-hybridized carbons (Fsp3) is 0.692. The Morgan fingerprint density at radius 3 is 2.52 bits per heavy atom. The van der Waals surface area contributed by atoms with Crippen molar-refractivity contribution in [2.75, 3.05) is 19.7 Å². The van der Waals surface area contributed by atoms with Gasteiger partial charge in [-0.05, 0) is 56.1 Å². The standard InChI is InChI=1S/C26H40N2O3/c1-19(2)17-22-18-31-23-11-6-5-9-21(23)10-7-8-12-26(25(30)27-22)13-15-28(16-14-26)24(29)20(3)4/h5-6,9,11,19-20,22H,7-8,10,12-18H2,1-4H3,(H,27,30)/t22-/m0/s1. The Morgan fingerprint density at radius 1 is 1.13 bits per heavy atom. The SMILES string of the molecule is CC(C)C[C@H]1COc2ccccc2CCCCC2(CCN(C(=O)C(C)C)CC2)C(=O)N1. The Kier molecular flexibility index (Phi) is 8.01. The summed E-state index contributed by atoms with van der Waals surface area (Å²) in [6.45, 7) is 10.1. The first-order valence-electron chi connectivity index (χ1n) is 12.1. The average Bonchev–Trinajstić information content (AvgIpc) is 2.74. The molecule has 0 radical (unpaired) electrons. The first-order valence-corrected chi connectivity index (χ1v) is 12.1. The number of nitrogens with zero attached hydrogens (tertiary/aromatic N) is 1. The van der Waals surface area contributed by atoms with Gasteiger partial charge in [0.15, 0.2) is 0 Å². The summed E-state index contributed by atoms with van der Waals surface area (Å²) in [6, 6.07) is 8.28. The predicted octanol–water partition coefficient (Wildman–Crippen LogP) is 4.59. The summed E-state index contributed by atoms with van der Waals surface area (Å²) in [6.07, 6.45) is 6.31. The highest BCUT2D eigenvalue weighted by atomic mass is 16.5. The smallest absolute Gasteiger partial charge is 0.226 e. The van der Waals surface area contributed by atoms with Crippen molar-refractivity contribution in [2.24, 2.45) is 17.3 Å². The lowest BCUT2D eigenvalue weighted by atomic mass is 9.73. The Balaban J connectivity index is 1.78. The number of ether oxygens (including phenoxy) is 1. The van der Waals surface area contributed by atoms with Crippen LogP contribution in [0.25, 0.3) is 0 Å². The molecule has 2 aliphatic rings. The van der Waals surface area contributed by atoms with Crippen LogP contribution in [0.4, 0.5) is 0 Å². The fourth-order valence-corrected chi connectivity index (χ4v) is 5.01. The van der Waals surface area contributed by atoms with E-state index in [0.29, 0.717) is 25.6 Å². The number of benzene rings is 1. The van der Waals surface area contributed by atoms with Crippen molar-refractivity contribution < 1.29 is 14.3 Å². The lowest BCUT2D eigenvalue weighted by molar-refractivity contribution is -0.143. The van der Waals surface area contributed by atoms with Gasteiger partial charge in [0.25, 0.3) is 0 Å². The first-order chi connectivity index (χ1) is 14.8. The molecular weight excluding hydrogens is 388 g/mol. The van der Waals surface area contributed by atoms with Gasteiger partial charge >= 0.3 is 0 Å². The number of hydrogen-bond donors (Lipinski definition) is 1. The summed E-state index contributed by atoms with van der Waals surface area (Å²) < 4.78 is 6.21. The third-order valence-electron chi connectivity index (χ3n) is 6.86. The molecule has 1 atom stereocenters. The van der Waals surface area contributed by atoms with E-state index in [4.69, 9.17) is 4.74 Å². The number of piperidine rings is 1. The number of carbonyl (C=O) groups excluding carboxylic acids is 2. The molecule has 1 saturated heterocycles. The number of rotatable bonds is 3. The van der Waals surface area contributed by atoms with Gasteiger partial charge in [-0.3, -0.25) is 9.59 Å². The minimum Gasteiger partial charge on any atom is -0.491 e. The molecule has 5 heteroatoms. The first kappa shape index (κ1) is 23.6. The van der Waals surface area contributed by atoms with Gasteiger partial charge in [-0.15, -0.1) is 0 Å². The van der Waals surface area contributed by atoms with E-state index in [-0.39, 0.29) is 29.2 Å². The normalized spacial score (nSPS) is 22.3. The number of amides is 2. The highest BCUT2D eigenvalue weighted by molar-refractivity contribution is 5.84. The summed E-state index contributed by atoms with van der Waals surface area (Å²) in [5.41, 5.74) is 0.880. The molecule has 1 fully saturated rings. The van der Waals surface area contributed by atoms with Crippen LogP contribution in [0.1, 0.15) is 71.8 Å². The van der Waals surface area contributed by atoms with Crippen molar-refractivity contribution in [2.45, 2.75) is 78.7 Å². The van der Waals surface area contributed by atoms with Crippen molar-refractivity contribution in [3.05, 3.63) is 29.8 Å². The second-order valence-corrected chi connectivity index (χ2v) is 10.2. The van der Waals surface area contributed by atoms with Crippen molar-refractivity contribution in [3.8, 4) is 5.75 Å². The summed E-state index contributed by atoms with van der Waals surface area (Å²) in [7, 11) is 0. The van der Waals surface area contributed by atoms with Gasteiger partial charge < -0.3 is 15.0 Å². The molecule has 1 aromatic rings. The van der Waals surface area contributed by atoms with E-state index < -0.39 is 0 Å². The zero-order valence-corrected chi connectivity index (χ0v) is 19.8. The Morgan fingerprint density at radius 2 is 1.84 bits per heavy atom. The highest BCUT2D eigenvalue weighted by Crippen LogP contribution is 2.38. The molecule has 0 aromatic heterocycles. The van der Waals surface area contributed by atoms with Crippen LogP contribution in [-0.2, 0) is 16.0 Å². The van der Waals surface area contributed by atoms with Crippen molar-refractivity contribution in [1.82, 2.24) is 10.2 Å². The van der Waals surface area contributed by atoms with Gasteiger partial charge in [-0.25, -0.2) is 0 Å². The van der Waals surface area contributed by atoms with Gasteiger partial charge in [0.2, 0.25) is 11.8 Å². The molecule has 1 N–H and O–H groups in total. The molecule has 1 aromatic carbocycles. The van der Waals surface area contributed by atoms with Crippen LogP contribution in [0.3, 0.4) is 0 Å². The number of aryl methyl sites for hydroxylation is 1. The molecule has 0 aliphatic carbocycles. The van der Waals surface area contributed by atoms with Crippen LogP contribution < -0.4 is 10.1 Å². The summed E-state index contributed by atoms with van der Waals surface area (Å²) in [5.74, 6) is 1.78. The largest absolute Gasteiger partial charge is 0.491 e. The monoisotopic (exact) mass is 428 g/mol. The van der Waals surface area contributed by atoms with E-state index in [1.807, 2.05) is 30.9 Å². The third-order valence-corrected chi connectivity index (χ3v) is 6.86. The van der Waals surface area contributed by atoms with E-state index >= 15 is 0 Å². The fourth-order valence-electron chi connectivity index (χ4n) is 5.01. The zero-order chi connectivity index (χ0) is 22.4. The van der Waals surface area contributed by atoms with Crippen LogP contribution in [0.5, 0.6) is 5.75 Å². The van der Waals surface area contributed by atoms with Gasteiger partial charge in [0.05, 0.1) is 11.5 Å². The molecule has 0 saturated carbocycles. The number of fused-ring (bicyclic) bond motifs is 1. The maximum atomic E-state index is 13.6. The summed E-state index contributed by atoms with van der Waals surface area (Å²) >= 11 is 0. The minimum atomic E-state index is -0.373. The molecule has 1 spiro atoms. The van der Waals surface area contributed by atoms with Crippen molar-refractivity contribution in [3.63, 3.8) is 0 Å². The number of likely N-dealkylation sites (tertiary alicyclic amines) is 1. The molecule has 3 rings (SSSR count). The molecule has 2 heterocycles. The van der Waals surface area contributed by atoms with Crippen molar-refractivity contribution >= 4 is 11.8 Å². The minimum absolute atomic E-state index is 0.00632. The lowest BCUT2D eigenvalue weighted by Gasteiger charge is -2.42. The number of hydrogen-bond acceptors (Lipinski definition) is 3. The maximum Gasteiger partial charge on any atom is 0.226 e. The van der Waals surface area contributed by atoms with Crippen LogP contribution in [0.15, 0.2) is 24.3 Å². The molecule has 5 nitrogen and oxygen atoms in total. The molecule has 31 heavy (non-hydrogen) atoms. The van der Waals surface area contributed by atoms with Crippen LogP contribution >= 0.6 is 0 Å². The van der Waals surface area contributed by atoms with Crippen LogP contribution in [0, 0.1) is 17.3 Å². The van der Waals surface area contributed by atoms with Gasteiger partial charge in [0, 0.05) is 19.0 Å². The molecule has 2 aliphatic heterocycles. The van der Waals surface area contributed by atoms with E-state index in [2.05, 4.69) is 31.3 Å². The van der Waals surface area contributed by atoms with Gasteiger partial charge in [-0.1, -0.05) is 52.3 Å². The summed E-state index contributed by atoms with van der Waals surface area (Å²) in [5, 5.41) is 3.36. The zero-order valence-electron chi connectivity index (χ0n) is 19.8. The predicted molar refractivity (Wildman–Crippen MR) is 124 cm³/mol. The quantitative estimate of drug-likeness (QED) is 0.766. The van der Waals surface area contributed by atoms with E-state index in [9.17, 15) is 9.59 Å². The van der Waals surface area contributed by atoms with Gasteiger partial charge in [0.1, 0.15) is 12.4 Å². The van der Waals surface area contributed by atoms with Crippen LogP contribution in [0.2, 0.25) is 0 Å². The Bertz CT molecular complexity index is 751. The Labute approximate surface area is 187 Å². The van der Waals surface area contributed by atoms with Crippen LogP contribution in [-0.4, -0.2) is 42.5 Å². The van der Waals surface area contributed by atoms with Gasteiger partial charge in [-0.2, -0.15) is 0 Å². The van der Waals surface area contributed by atoms with E-state index in [1.165, 1.54) is 5.56 Å². The number of carbonyl (C=O) groups is 2. The highest BCUT2D eigenvalue weighted by Gasteiger charge is 2.42. The molecule has 2 amide bonds. The van der Waals surface area contributed by atoms with E-state index in [1.54, 1.807) is 0 Å².